The van der Waals surface area contributed by atoms with Crippen molar-refractivity contribution in [3.05, 3.63) is 33.2 Å². The van der Waals surface area contributed by atoms with E-state index in [-0.39, 0.29) is 22.7 Å². The van der Waals surface area contributed by atoms with Crippen molar-refractivity contribution < 1.29 is 19.5 Å². The van der Waals surface area contributed by atoms with E-state index < -0.39 is 23.5 Å². The molecule has 1 aromatic rings. The predicted molar refractivity (Wildman–Crippen MR) is 91.8 cm³/mol. The van der Waals surface area contributed by atoms with Crippen LogP contribution >= 0.6 is 0 Å². The van der Waals surface area contributed by atoms with Crippen molar-refractivity contribution in [1.82, 2.24) is 10.3 Å². The van der Waals surface area contributed by atoms with E-state index >= 15 is 0 Å². The average Bonchev–Trinajstić information content (AvgIpc) is 2.49. The summed E-state index contributed by atoms with van der Waals surface area (Å²) in [4.78, 5) is 51.0. The van der Waals surface area contributed by atoms with Gasteiger partial charge in [0, 0.05) is 17.7 Å². The third-order valence-electron chi connectivity index (χ3n) is 4.73. The first-order chi connectivity index (χ1) is 11.6. The van der Waals surface area contributed by atoms with Gasteiger partial charge in [-0.15, -0.1) is 0 Å². The number of Topliss-reactive ketones (excluding diaryl/α,β-unsaturated/α-hetero) is 1. The van der Waals surface area contributed by atoms with Crippen molar-refractivity contribution in [2.24, 2.45) is 11.3 Å². The van der Waals surface area contributed by atoms with Crippen LogP contribution in [0.15, 0.2) is 10.9 Å². The number of carboxylic acid groups (broad SMARTS) is 1. The number of rotatable bonds is 5. The van der Waals surface area contributed by atoms with Gasteiger partial charge < -0.3 is 15.4 Å². The number of carboxylic acids is 1. The number of hydrogen-bond acceptors (Lipinski definition) is 4. The molecule has 0 aliphatic heterocycles. The standard InChI is InChI=1S/C18H24N2O5/c1-5-9(2)14(17(24)25)20-16(23)11-6-10-12(19-15(11)22)7-18(3,4)8-13(10)21/h6,9,14H,5,7-8H2,1-4H3,(H,19,22)(H,20,23)(H,24,25)/t9-,14-/m0/s1. The molecule has 136 valence electrons. The van der Waals surface area contributed by atoms with E-state index in [9.17, 15) is 24.3 Å². The number of nitrogens with one attached hydrogen (secondary N) is 2. The summed E-state index contributed by atoms with van der Waals surface area (Å²) in [7, 11) is 0. The van der Waals surface area contributed by atoms with Crippen LogP contribution in [0, 0.1) is 11.3 Å². The second-order valence-electron chi connectivity index (χ2n) is 7.52. The van der Waals surface area contributed by atoms with Crippen LogP contribution in [-0.4, -0.2) is 33.8 Å². The van der Waals surface area contributed by atoms with Crippen LogP contribution < -0.4 is 10.9 Å². The number of hydrogen-bond donors (Lipinski definition) is 3. The molecule has 1 amide bonds. The molecule has 0 spiro atoms. The molecule has 0 radical (unpaired) electrons. The predicted octanol–water partition coefficient (Wildman–Crippen LogP) is 1.76. The van der Waals surface area contributed by atoms with Crippen LogP contribution in [0.5, 0.6) is 0 Å². The zero-order chi connectivity index (χ0) is 18.9. The number of carbonyl (C=O) groups excluding carboxylic acids is 2. The topological polar surface area (TPSA) is 116 Å². The summed E-state index contributed by atoms with van der Waals surface area (Å²) in [6.45, 7) is 7.41. The summed E-state index contributed by atoms with van der Waals surface area (Å²) >= 11 is 0. The summed E-state index contributed by atoms with van der Waals surface area (Å²) < 4.78 is 0. The van der Waals surface area contributed by atoms with E-state index in [1.165, 1.54) is 6.07 Å². The maximum Gasteiger partial charge on any atom is 0.326 e. The number of aliphatic carboxylic acids is 1. The van der Waals surface area contributed by atoms with Crippen molar-refractivity contribution in [2.75, 3.05) is 0 Å². The lowest BCUT2D eigenvalue weighted by Gasteiger charge is -2.29. The van der Waals surface area contributed by atoms with Gasteiger partial charge in [0.15, 0.2) is 5.78 Å². The highest BCUT2D eigenvalue weighted by atomic mass is 16.4. The SMILES string of the molecule is CC[C@H](C)[C@H](NC(=O)c1cc2c([nH]c1=O)CC(C)(C)CC2=O)C(=O)O. The van der Waals surface area contributed by atoms with E-state index in [0.29, 0.717) is 30.5 Å². The first kappa shape index (κ1) is 18.9. The highest BCUT2D eigenvalue weighted by Crippen LogP contribution is 2.33. The quantitative estimate of drug-likeness (QED) is 0.750. The highest BCUT2D eigenvalue weighted by molar-refractivity contribution is 6.02. The number of aromatic amines is 1. The molecule has 2 atom stereocenters. The second-order valence-corrected chi connectivity index (χ2v) is 7.52. The van der Waals surface area contributed by atoms with Gasteiger partial charge in [0.05, 0.1) is 0 Å². The van der Waals surface area contributed by atoms with E-state index in [0.717, 1.165) is 0 Å². The lowest BCUT2D eigenvalue weighted by atomic mass is 9.75. The Kier molecular flexibility index (Phi) is 5.15. The smallest absolute Gasteiger partial charge is 0.326 e. The Bertz CT molecular complexity index is 778. The van der Waals surface area contributed by atoms with Crippen molar-refractivity contribution in [1.29, 1.82) is 0 Å². The molecule has 0 fully saturated rings. The summed E-state index contributed by atoms with van der Waals surface area (Å²) in [5, 5.41) is 11.7. The van der Waals surface area contributed by atoms with Crippen molar-refractivity contribution in [2.45, 2.75) is 53.0 Å². The molecule has 25 heavy (non-hydrogen) atoms. The van der Waals surface area contributed by atoms with Crippen molar-refractivity contribution >= 4 is 17.7 Å². The monoisotopic (exact) mass is 348 g/mol. The fraction of sp³-hybridized carbons (Fsp3) is 0.556. The third kappa shape index (κ3) is 3.97. The Morgan fingerprint density at radius 2 is 1.96 bits per heavy atom. The summed E-state index contributed by atoms with van der Waals surface area (Å²) in [6.07, 6.45) is 1.43. The van der Waals surface area contributed by atoms with Gasteiger partial charge in [-0.05, 0) is 23.8 Å². The Morgan fingerprint density at radius 1 is 1.32 bits per heavy atom. The summed E-state index contributed by atoms with van der Waals surface area (Å²) in [6, 6.07) is 0.193. The van der Waals surface area contributed by atoms with Gasteiger partial charge >= 0.3 is 5.97 Å². The minimum Gasteiger partial charge on any atom is -0.480 e. The van der Waals surface area contributed by atoms with E-state index in [4.69, 9.17) is 0 Å². The van der Waals surface area contributed by atoms with Gasteiger partial charge in [0.1, 0.15) is 11.6 Å². The van der Waals surface area contributed by atoms with Crippen LogP contribution in [0.25, 0.3) is 0 Å². The maximum absolute atomic E-state index is 12.4. The number of pyridine rings is 1. The fourth-order valence-electron chi connectivity index (χ4n) is 3.10. The van der Waals surface area contributed by atoms with E-state index in [2.05, 4.69) is 10.3 Å². The number of ketones is 1. The first-order valence-electron chi connectivity index (χ1n) is 8.39. The molecule has 1 aliphatic rings. The lowest BCUT2D eigenvalue weighted by Crippen LogP contribution is -2.46. The minimum absolute atomic E-state index is 0.131. The molecule has 7 nitrogen and oxygen atoms in total. The molecular formula is C18H24N2O5. The molecule has 0 saturated heterocycles. The maximum atomic E-state index is 12.4. The van der Waals surface area contributed by atoms with Crippen LogP contribution in [0.2, 0.25) is 0 Å². The molecular weight excluding hydrogens is 324 g/mol. The molecule has 1 aliphatic carbocycles. The van der Waals surface area contributed by atoms with Gasteiger partial charge in [0.25, 0.3) is 11.5 Å². The van der Waals surface area contributed by atoms with Crippen LogP contribution in [0.1, 0.15) is 66.9 Å². The van der Waals surface area contributed by atoms with E-state index in [1.807, 2.05) is 20.8 Å². The van der Waals surface area contributed by atoms with Gasteiger partial charge in [-0.1, -0.05) is 34.1 Å². The Hall–Kier alpha value is -2.44. The molecule has 0 unspecified atom stereocenters. The number of fused-ring (bicyclic) bond motifs is 1. The average molecular weight is 348 g/mol. The molecule has 0 saturated carbocycles. The van der Waals surface area contributed by atoms with Gasteiger partial charge in [-0.2, -0.15) is 0 Å². The highest BCUT2D eigenvalue weighted by Gasteiger charge is 2.33. The van der Waals surface area contributed by atoms with Crippen LogP contribution in [-0.2, 0) is 11.2 Å². The molecule has 0 aromatic carbocycles. The van der Waals surface area contributed by atoms with Crippen LogP contribution in [0.3, 0.4) is 0 Å². The molecule has 3 N–H and O–H groups in total. The fourth-order valence-corrected chi connectivity index (χ4v) is 3.10. The zero-order valence-electron chi connectivity index (χ0n) is 14.9. The molecule has 1 aromatic heterocycles. The van der Waals surface area contributed by atoms with Gasteiger partial charge in [0.2, 0.25) is 0 Å². The number of amides is 1. The Labute approximate surface area is 145 Å². The largest absolute Gasteiger partial charge is 0.480 e. The molecule has 2 rings (SSSR count). The molecule has 1 heterocycles. The number of H-pyrrole nitrogens is 1. The summed E-state index contributed by atoms with van der Waals surface area (Å²) in [5.74, 6) is -2.36. The van der Waals surface area contributed by atoms with E-state index in [1.54, 1.807) is 6.92 Å². The Balaban J connectivity index is 2.36. The van der Waals surface area contributed by atoms with Crippen molar-refractivity contribution in [3.63, 3.8) is 0 Å². The van der Waals surface area contributed by atoms with Gasteiger partial charge in [-0.25, -0.2) is 4.79 Å². The first-order valence-corrected chi connectivity index (χ1v) is 8.39. The third-order valence-corrected chi connectivity index (χ3v) is 4.73. The zero-order valence-corrected chi connectivity index (χ0v) is 14.9. The molecule has 0 bridgehead atoms. The Morgan fingerprint density at radius 3 is 2.52 bits per heavy atom. The second kappa shape index (κ2) is 6.82. The minimum atomic E-state index is -1.16. The van der Waals surface area contributed by atoms with Crippen molar-refractivity contribution in [3.8, 4) is 0 Å². The summed E-state index contributed by atoms with van der Waals surface area (Å²) in [5.41, 5.74) is -0.239. The normalized spacial score (nSPS) is 18.2. The lowest BCUT2D eigenvalue weighted by molar-refractivity contribution is -0.140. The number of carbonyl (C=O) groups is 3. The van der Waals surface area contributed by atoms with Gasteiger partial charge in [-0.3, -0.25) is 14.4 Å². The molecule has 7 heteroatoms. The number of aromatic nitrogens is 1. The van der Waals surface area contributed by atoms with Crippen LogP contribution in [0.4, 0.5) is 0 Å².